The number of benzene rings is 3. The molecule has 0 spiro atoms. The van der Waals surface area contributed by atoms with Crippen molar-refractivity contribution in [2.24, 2.45) is 5.92 Å². The number of alkyl halides is 1. The van der Waals surface area contributed by atoms with Crippen LogP contribution in [0.3, 0.4) is 0 Å². The SMILES string of the molecule is O=C1c2ccccc2C(=O)[C@@]2(Cl)[C@@H]1C2(c1ccccc1)c1ccccc1. The highest BCUT2D eigenvalue weighted by Gasteiger charge is 2.85. The van der Waals surface area contributed by atoms with E-state index in [-0.39, 0.29) is 11.6 Å². The molecule has 126 valence electrons. The fraction of sp³-hybridized carbons (Fsp3) is 0.130. The number of hydrogen-bond acceptors (Lipinski definition) is 2. The van der Waals surface area contributed by atoms with E-state index in [2.05, 4.69) is 0 Å². The predicted molar refractivity (Wildman–Crippen MR) is 101 cm³/mol. The Labute approximate surface area is 156 Å². The summed E-state index contributed by atoms with van der Waals surface area (Å²) < 4.78 is 0. The fourth-order valence-electron chi connectivity index (χ4n) is 4.70. The molecule has 2 nitrogen and oxygen atoms in total. The molecular weight excluding hydrogens is 344 g/mol. The summed E-state index contributed by atoms with van der Waals surface area (Å²) >= 11 is 7.04. The number of ketones is 2. The molecule has 0 amide bonds. The molecule has 26 heavy (non-hydrogen) atoms. The molecule has 0 saturated heterocycles. The Bertz CT molecular complexity index is 1000. The third-order valence-electron chi connectivity index (χ3n) is 5.81. The van der Waals surface area contributed by atoms with Gasteiger partial charge < -0.3 is 0 Å². The zero-order valence-electron chi connectivity index (χ0n) is 13.9. The number of hydrogen-bond donors (Lipinski definition) is 0. The van der Waals surface area contributed by atoms with Gasteiger partial charge in [-0.3, -0.25) is 9.59 Å². The van der Waals surface area contributed by atoms with Crippen LogP contribution in [0, 0.1) is 5.92 Å². The maximum absolute atomic E-state index is 13.4. The van der Waals surface area contributed by atoms with Crippen LogP contribution in [0.5, 0.6) is 0 Å². The Hall–Kier alpha value is -2.71. The zero-order chi connectivity index (χ0) is 17.9. The van der Waals surface area contributed by atoms with Gasteiger partial charge in [0.15, 0.2) is 11.6 Å². The Morgan fingerprint density at radius 1 is 0.654 bits per heavy atom. The molecule has 0 bridgehead atoms. The summed E-state index contributed by atoms with van der Waals surface area (Å²) in [7, 11) is 0. The van der Waals surface area contributed by atoms with Crippen molar-refractivity contribution in [3.8, 4) is 0 Å². The minimum atomic E-state index is -1.28. The van der Waals surface area contributed by atoms with Crippen molar-refractivity contribution in [1.29, 1.82) is 0 Å². The van der Waals surface area contributed by atoms with E-state index in [1.807, 2.05) is 60.7 Å². The maximum atomic E-state index is 13.4. The second-order valence-electron chi connectivity index (χ2n) is 6.92. The van der Waals surface area contributed by atoms with Crippen molar-refractivity contribution in [2.45, 2.75) is 10.3 Å². The second kappa shape index (κ2) is 5.15. The Morgan fingerprint density at radius 3 is 1.65 bits per heavy atom. The van der Waals surface area contributed by atoms with Crippen LogP contribution in [0.1, 0.15) is 31.8 Å². The van der Waals surface area contributed by atoms with E-state index < -0.39 is 16.2 Å². The Morgan fingerprint density at radius 2 is 1.12 bits per heavy atom. The van der Waals surface area contributed by atoms with Crippen LogP contribution >= 0.6 is 11.6 Å². The van der Waals surface area contributed by atoms with E-state index in [0.29, 0.717) is 11.1 Å². The van der Waals surface area contributed by atoms with Crippen molar-refractivity contribution < 1.29 is 9.59 Å². The molecule has 1 saturated carbocycles. The molecule has 0 N–H and O–H groups in total. The Balaban J connectivity index is 1.83. The van der Waals surface area contributed by atoms with Crippen LogP contribution in [0.25, 0.3) is 0 Å². The summed E-state index contributed by atoms with van der Waals surface area (Å²) in [5.41, 5.74) is 1.87. The first-order valence-corrected chi connectivity index (χ1v) is 8.99. The maximum Gasteiger partial charge on any atom is 0.186 e. The predicted octanol–water partition coefficient (Wildman–Crippen LogP) is 4.66. The van der Waals surface area contributed by atoms with Gasteiger partial charge >= 0.3 is 0 Å². The number of carbonyl (C=O) groups is 2. The normalized spacial score (nSPS) is 25.3. The first-order chi connectivity index (χ1) is 12.6. The highest BCUT2D eigenvalue weighted by atomic mass is 35.5. The standard InChI is InChI=1S/C23H15ClO2/c24-23-20(19(25)17-13-7-8-14-18(17)21(23)26)22(23,15-9-3-1-4-10-15)16-11-5-2-6-12-16/h1-14,20H/t20-,23-/m0/s1. The molecule has 3 aromatic carbocycles. The highest BCUT2D eigenvalue weighted by molar-refractivity contribution is 6.48. The smallest absolute Gasteiger partial charge is 0.186 e. The van der Waals surface area contributed by atoms with Crippen LogP contribution in [0.15, 0.2) is 84.9 Å². The minimum absolute atomic E-state index is 0.0529. The molecule has 0 aliphatic heterocycles. The summed E-state index contributed by atoms with van der Waals surface area (Å²) in [6.07, 6.45) is 0. The van der Waals surface area contributed by atoms with Crippen LogP contribution in [-0.2, 0) is 5.41 Å². The van der Waals surface area contributed by atoms with Gasteiger partial charge in [0.1, 0.15) is 4.87 Å². The van der Waals surface area contributed by atoms with Crippen molar-refractivity contribution in [3.63, 3.8) is 0 Å². The van der Waals surface area contributed by atoms with Gasteiger partial charge in [0.05, 0.1) is 11.3 Å². The van der Waals surface area contributed by atoms with Crippen molar-refractivity contribution in [3.05, 3.63) is 107 Å². The van der Waals surface area contributed by atoms with Gasteiger partial charge in [0.25, 0.3) is 0 Å². The number of carbonyl (C=O) groups excluding carboxylic acids is 2. The zero-order valence-corrected chi connectivity index (χ0v) is 14.6. The lowest BCUT2D eigenvalue weighted by Crippen LogP contribution is -2.32. The fourth-order valence-corrected chi connectivity index (χ4v) is 5.33. The molecule has 0 unspecified atom stereocenters. The first kappa shape index (κ1) is 15.5. The third kappa shape index (κ3) is 1.63. The summed E-state index contributed by atoms with van der Waals surface area (Å²) in [5.74, 6) is -0.807. The van der Waals surface area contributed by atoms with Gasteiger partial charge in [-0.2, -0.15) is 0 Å². The molecule has 0 heterocycles. The monoisotopic (exact) mass is 358 g/mol. The lowest BCUT2D eigenvalue weighted by molar-refractivity contribution is 0.0888. The van der Waals surface area contributed by atoms with Gasteiger partial charge in [-0.05, 0) is 11.1 Å². The molecule has 0 aromatic heterocycles. The van der Waals surface area contributed by atoms with Crippen molar-refractivity contribution in [2.75, 3.05) is 0 Å². The number of rotatable bonds is 2. The molecule has 1 fully saturated rings. The van der Waals surface area contributed by atoms with E-state index in [1.54, 1.807) is 24.3 Å². The molecule has 3 heteroatoms. The lowest BCUT2D eigenvalue weighted by Gasteiger charge is -2.22. The summed E-state index contributed by atoms with van der Waals surface area (Å²) in [6.45, 7) is 0. The molecule has 5 rings (SSSR count). The summed E-state index contributed by atoms with van der Waals surface area (Å²) in [6, 6.07) is 26.4. The molecule has 2 aliphatic carbocycles. The molecular formula is C23H15ClO2. The van der Waals surface area contributed by atoms with Gasteiger partial charge in [0.2, 0.25) is 0 Å². The number of halogens is 1. The average Bonchev–Trinajstić information content (AvgIpc) is 3.30. The number of Topliss-reactive ketones (excluding diaryl/α,β-unsaturated/α-hetero) is 2. The van der Waals surface area contributed by atoms with Gasteiger partial charge in [-0.25, -0.2) is 0 Å². The van der Waals surface area contributed by atoms with Gasteiger partial charge in [-0.1, -0.05) is 84.9 Å². The average molecular weight is 359 g/mol. The molecule has 2 atom stereocenters. The van der Waals surface area contributed by atoms with E-state index >= 15 is 0 Å². The topological polar surface area (TPSA) is 34.1 Å². The van der Waals surface area contributed by atoms with Crippen LogP contribution in [0.4, 0.5) is 0 Å². The quantitative estimate of drug-likeness (QED) is 0.624. The highest BCUT2D eigenvalue weighted by Crippen LogP contribution is 2.73. The first-order valence-electron chi connectivity index (χ1n) is 8.61. The van der Waals surface area contributed by atoms with Crippen molar-refractivity contribution >= 4 is 23.2 Å². The molecule has 2 aliphatic rings. The van der Waals surface area contributed by atoms with Crippen molar-refractivity contribution in [1.82, 2.24) is 0 Å². The summed E-state index contributed by atoms with van der Waals surface area (Å²) in [5, 5.41) is 0. The van der Waals surface area contributed by atoms with Gasteiger partial charge in [-0.15, -0.1) is 11.6 Å². The molecule has 0 radical (unpaired) electrons. The third-order valence-corrected chi connectivity index (χ3v) is 6.50. The molecule has 3 aromatic rings. The Kier molecular flexibility index (Phi) is 3.08. The van der Waals surface area contributed by atoms with Crippen LogP contribution in [0.2, 0.25) is 0 Å². The van der Waals surface area contributed by atoms with Crippen LogP contribution in [-0.4, -0.2) is 16.4 Å². The largest absolute Gasteiger partial charge is 0.294 e. The van der Waals surface area contributed by atoms with E-state index in [9.17, 15) is 9.59 Å². The van der Waals surface area contributed by atoms with Crippen LogP contribution < -0.4 is 0 Å². The lowest BCUT2D eigenvalue weighted by atomic mass is 9.83. The van der Waals surface area contributed by atoms with Gasteiger partial charge in [0, 0.05) is 11.1 Å². The van der Waals surface area contributed by atoms with E-state index in [4.69, 9.17) is 11.6 Å². The van der Waals surface area contributed by atoms with E-state index in [0.717, 1.165) is 11.1 Å². The number of fused-ring (bicyclic) bond motifs is 2. The summed E-state index contributed by atoms with van der Waals surface area (Å²) in [4.78, 5) is 25.5. The van der Waals surface area contributed by atoms with E-state index in [1.165, 1.54) is 0 Å². The minimum Gasteiger partial charge on any atom is -0.294 e. The second-order valence-corrected chi connectivity index (χ2v) is 7.52.